The van der Waals surface area contributed by atoms with E-state index in [1.54, 1.807) is 19.2 Å². The highest BCUT2D eigenvalue weighted by molar-refractivity contribution is 5.52. The van der Waals surface area contributed by atoms with Gasteiger partial charge in [-0.1, -0.05) is 12.1 Å². The number of rotatable bonds is 8. The fourth-order valence-corrected chi connectivity index (χ4v) is 4.64. The molecule has 0 amide bonds. The second-order valence-corrected chi connectivity index (χ2v) is 8.88. The van der Waals surface area contributed by atoms with E-state index in [4.69, 9.17) is 23.7 Å². The molecular formula is C26H31NO9. The monoisotopic (exact) mass is 501 g/mol. The summed E-state index contributed by atoms with van der Waals surface area (Å²) < 4.78 is 28.4. The second-order valence-electron chi connectivity index (χ2n) is 8.88. The molecule has 0 bridgehead atoms. The Labute approximate surface area is 209 Å². The van der Waals surface area contributed by atoms with Gasteiger partial charge in [-0.25, -0.2) is 0 Å². The van der Waals surface area contributed by atoms with Gasteiger partial charge in [-0.05, 0) is 41.8 Å². The minimum absolute atomic E-state index is 0.210. The van der Waals surface area contributed by atoms with Gasteiger partial charge in [0.25, 0.3) is 0 Å². The van der Waals surface area contributed by atoms with Gasteiger partial charge >= 0.3 is 0 Å². The fraction of sp³-hybridized carbons (Fsp3) is 0.500. The van der Waals surface area contributed by atoms with Gasteiger partial charge in [0.05, 0.1) is 44.1 Å². The summed E-state index contributed by atoms with van der Waals surface area (Å²) in [5.74, 6) is -1.09. The Morgan fingerprint density at radius 1 is 1.11 bits per heavy atom. The minimum atomic E-state index is -2.00. The number of methoxy groups -OCH3 is 2. The molecule has 2 aromatic rings. The maximum Gasteiger partial charge on any atom is 0.228 e. The van der Waals surface area contributed by atoms with Gasteiger partial charge < -0.3 is 44.1 Å². The number of benzene rings is 2. The highest BCUT2D eigenvalue weighted by atomic mass is 16.7. The lowest BCUT2D eigenvalue weighted by Gasteiger charge is -2.48. The smallest absolute Gasteiger partial charge is 0.228 e. The molecule has 0 saturated carbocycles. The molecular weight excluding hydrogens is 470 g/mol. The summed E-state index contributed by atoms with van der Waals surface area (Å²) in [5.41, 5.74) is 2.06. The third-order valence-electron chi connectivity index (χ3n) is 6.69. The van der Waals surface area contributed by atoms with Crippen LogP contribution in [-0.2, 0) is 26.4 Å². The maximum absolute atomic E-state index is 11.1. The van der Waals surface area contributed by atoms with E-state index in [1.165, 1.54) is 7.11 Å². The van der Waals surface area contributed by atoms with Crippen molar-refractivity contribution in [2.24, 2.45) is 0 Å². The standard InChI is InChI=1S/C26H31NO9/c1-32-18-5-3-15(4-6-18)9-16-10-20(21(11-17(16)12-27)35-19-7-8-34-14-19)26(33-2)25(31)24(30)23(29)22(13-28)36-26/h3-6,10-11,19,22-25,28-31H,7-9,13-14H2,1-2H3/t19-,22-,23-,24+,25-,26+/m1/s1. The first kappa shape index (κ1) is 26.3. The van der Waals surface area contributed by atoms with E-state index in [9.17, 15) is 25.7 Å². The van der Waals surface area contributed by atoms with Crippen LogP contribution in [0.4, 0.5) is 0 Å². The van der Waals surface area contributed by atoms with Gasteiger partial charge in [-0.3, -0.25) is 0 Å². The molecule has 0 aromatic heterocycles. The Bertz CT molecular complexity index is 1080. The number of aliphatic hydroxyl groups is 4. The zero-order valence-corrected chi connectivity index (χ0v) is 20.2. The molecule has 36 heavy (non-hydrogen) atoms. The van der Waals surface area contributed by atoms with Crippen molar-refractivity contribution in [3.63, 3.8) is 0 Å². The second kappa shape index (κ2) is 11.1. The molecule has 10 nitrogen and oxygen atoms in total. The van der Waals surface area contributed by atoms with E-state index in [-0.39, 0.29) is 17.4 Å². The topological polar surface area (TPSA) is 151 Å². The van der Waals surface area contributed by atoms with Gasteiger partial charge in [0, 0.05) is 13.5 Å². The molecule has 4 rings (SSSR count). The molecule has 4 N–H and O–H groups in total. The molecule has 2 aliphatic heterocycles. The van der Waals surface area contributed by atoms with E-state index in [0.29, 0.717) is 42.9 Å². The number of ether oxygens (including phenoxy) is 5. The third kappa shape index (κ3) is 4.92. The van der Waals surface area contributed by atoms with Gasteiger partial charge in [-0.15, -0.1) is 0 Å². The van der Waals surface area contributed by atoms with Crippen LogP contribution in [0.1, 0.15) is 28.7 Å². The molecule has 0 aliphatic carbocycles. The highest BCUT2D eigenvalue weighted by Gasteiger charge is 2.56. The van der Waals surface area contributed by atoms with E-state index >= 15 is 0 Å². The van der Waals surface area contributed by atoms with E-state index < -0.39 is 36.8 Å². The summed E-state index contributed by atoms with van der Waals surface area (Å²) in [6.07, 6.45) is -5.52. The number of nitriles is 1. The first-order valence-electron chi connectivity index (χ1n) is 11.7. The minimum Gasteiger partial charge on any atom is -0.497 e. The Morgan fingerprint density at radius 3 is 2.44 bits per heavy atom. The first-order valence-corrected chi connectivity index (χ1v) is 11.7. The largest absolute Gasteiger partial charge is 0.497 e. The number of hydrogen-bond acceptors (Lipinski definition) is 10. The summed E-state index contributed by atoms with van der Waals surface area (Å²) in [6, 6.07) is 12.8. The fourth-order valence-electron chi connectivity index (χ4n) is 4.64. The molecule has 6 atom stereocenters. The van der Waals surface area contributed by atoms with Crippen molar-refractivity contribution in [2.75, 3.05) is 34.0 Å². The van der Waals surface area contributed by atoms with Crippen LogP contribution in [0.3, 0.4) is 0 Å². The number of hydrogen-bond donors (Lipinski definition) is 4. The quantitative estimate of drug-likeness (QED) is 0.405. The van der Waals surface area contributed by atoms with Crippen LogP contribution in [-0.4, -0.2) is 85.0 Å². The molecule has 2 heterocycles. The van der Waals surface area contributed by atoms with Crippen LogP contribution in [0, 0.1) is 11.3 Å². The van der Waals surface area contributed by atoms with Crippen molar-refractivity contribution in [1.82, 2.24) is 0 Å². The molecule has 2 fully saturated rings. The normalized spacial score (nSPS) is 30.1. The molecule has 2 saturated heterocycles. The molecule has 0 unspecified atom stereocenters. The zero-order valence-electron chi connectivity index (χ0n) is 20.2. The third-order valence-corrected chi connectivity index (χ3v) is 6.69. The van der Waals surface area contributed by atoms with Gasteiger partial charge in [-0.2, -0.15) is 5.26 Å². The van der Waals surface area contributed by atoms with Crippen molar-refractivity contribution in [2.45, 2.75) is 49.1 Å². The van der Waals surface area contributed by atoms with Crippen LogP contribution in [0.25, 0.3) is 0 Å². The van der Waals surface area contributed by atoms with Crippen molar-refractivity contribution in [3.05, 3.63) is 58.7 Å². The van der Waals surface area contributed by atoms with Crippen molar-refractivity contribution in [3.8, 4) is 17.6 Å². The summed E-state index contributed by atoms with van der Waals surface area (Å²) >= 11 is 0. The number of nitrogens with zero attached hydrogens (tertiary/aromatic N) is 1. The molecule has 10 heteroatoms. The molecule has 194 valence electrons. The Hall–Kier alpha value is -2.75. The average molecular weight is 502 g/mol. The predicted octanol–water partition coefficient (Wildman–Crippen LogP) is 0.598. The Morgan fingerprint density at radius 2 is 1.86 bits per heavy atom. The van der Waals surface area contributed by atoms with Crippen molar-refractivity contribution < 1.29 is 44.1 Å². The zero-order chi connectivity index (χ0) is 25.9. The average Bonchev–Trinajstić information content (AvgIpc) is 3.42. The van der Waals surface area contributed by atoms with Crippen LogP contribution in [0.15, 0.2) is 36.4 Å². The van der Waals surface area contributed by atoms with Crippen LogP contribution in [0.5, 0.6) is 11.5 Å². The number of aliphatic hydroxyl groups excluding tert-OH is 4. The lowest BCUT2D eigenvalue weighted by Crippen LogP contribution is -2.64. The Kier molecular flexibility index (Phi) is 8.12. The van der Waals surface area contributed by atoms with Gasteiger partial charge in [0.2, 0.25) is 5.79 Å². The van der Waals surface area contributed by atoms with Gasteiger partial charge in [0.15, 0.2) is 0 Å². The van der Waals surface area contributed by atoms with Crippen molar-refractivity contribution in [1.29, 1.82) is 5.26 Å². The Balaban J connectivity index is 1.84. The summed E-state index contributed by atoms with van der Waals surface area (Å²) in [6.45, 7) is 0.239. The summed E-state index contributed by atoms with van der Waals surface area (Å²) in [4.78, 5) is 0. The van der Waals surface area contributed by atoms with E-state index in [0.717, 1.165) is 5.56 Å². The van der Waals surface area contributed by atoms with E-state index in [1.807, 2.05) is 24.3 Å². The van der Waals surface area contributed by atoms with Crippen LogP contribution >= 0.6 is 0 Å². The lowest BCUT2D eigenvalue weighted by molar-refractivity contribution is -0.366. The lowest BCUT2D eigenvalue weighted by atomic mass is 9.85. The first-order chi connectivity index (χ1) is 17.4. The van der Waals surface area contributed by atoms with Crippen molar-refractivity contribution >= 4 is 0 Å². The highest BCUT2D eigenvalue weighted by Crippen LogP contribution is 2.44. The van der Waals surface area contributed by atoms with Crippen LogP contribution < -0.4 is 9.47 Å². The predicted molar refractivity (Wildman–Crippen MR) is 125 cm³/mol. The molecule has 0 radical (unpaired) electrons. The van der Waals surface area contributed by atoms with Gasteiger partial charge in [0.1, 0.15) is 42.0 Å². The SMILES string of the molecule is COc1ccc(Cc2cc([C@]3(OC)O[C@H](CO)[C@@H](O)[C@H](O)[C@H]3O)c(O[C@@H]3CCOC3)cc2C#N)cc1. The summed E-state index contributed by atoms with van der Waals surface area (Å²) in [7, 11) is 2.86. The maximum atomic E-state index is 11.1. The summed E-state index contributed by atoms with van der Waals surface area (Å²) in [5, 5.41) is 51.7. The molecule has 2 aromatic carbocycles. The van der Waals surface area contributed by atoms with E-state index in [2.05, 4.69) is 6.07 Å². The van der Waals surface area contributed by atoms with Crippen LogP contribution in [0.2, 0.25) is 0 Å². The molecule has 2 aliphatic rings. The molecule has 0 spiro atoms.